The molecule has 2 aromatic rings. The maximum atomic E-state index is 12.2. The molecule has 1 aliphatic rings. The number of hydrogen-bond donors (Lipinski definition) is 1. The van der Waals surface area contributed by atoms with Crippen LogP contribution in [0, 0.1) is 0 Å². The topological polar surface area (TPSA) is 51.3 Å². The molecule has 1 aromatic heterocycles. The molecular formula is C15H17NO3. The van der Waals surface area contributed by atoms with Crippen molar-refractivity contribution < 1.29 is 9.47 Å². The number of aromatic nitrogens is 1. The van der Waals surface area contributed by atoms with Gasteiger partial charge in [-0.05, 0) is 48.8 Å². The second-order valence-corrected chi connectivity index (χ2v) is 4.87. The number of aromatic amines is 1. The van der Waals surface area contributed by atoms with E-state index in [-0.39, 0.29) is 5.56 Å². The third-order valence-corrected chi connectivity index (χ3v) is 3.83. The van der Waals surface area contributed by atoms with Crippen LogP contribution in [0.25, 0.3) is 10.8 Å². The summed E-state index contributed by atoms with van der Waals surface area (Å²) < 4.78 is 10.6. The van der Waals surface area contributed by atoms with Crippen molar-refractivity contribution in [1.29, 1.82) is 0 Å². The molecule has 0 spiro atoms. The SMILES string of the molecule is COc1cc2c3c([nH]c(=O)c2cc1OC)CCCC3. The number of ether oxygens (including phenoxy) is 2. The van der Waals surface area contributed by atoms with Crippen molar-refractivity contribution in [1.82, 2.24) is 4.98 Å². The first-order chi connectivity index (χ1) is 9.24. The van der Waals surface area contributed by atoms with Gasteiger partial charge in [0, 0.05) is 5.69 Å². The number of benzene rings is 1. The third kappa shape index (κ3) is 1.87. The van der Waals surface area contributed by atoms with Gasteiger partial charge in [0.1, 0.15) is 0 Å². The Labute approximate surface area is 111 Å². The second kappa shape index (κ2) is 4.61. The molecule has 0 aliphatic heterocycles. The van der Waals surface area contributed by atoms with E-state index in [0.29, 0.717) is 16.9 Å². The summed E-state index contributed by atoms with van der Waals surface area (Å²) in [6.45, 7) is 0. The normalized spacial score (nSPS) is 14.2. The van der Waals surface area contributed by atoms with Crippen LogP contribution in [0.1, 0.15) is 24.1 Å². The molecule has 1 aliphatic carbocycles. The zero-order valence-corrected chi connectivity index (χ0v) is 11.2. The number of aryl methyl sites for hydroxylation is 2. The standard InChI is InChI=1S/C15H17NO3/c1-18-13-7-10-9-5-3-4-6-12(9)16-15(17)11(10)8-14(13)19-2/h7-8H,3-6H2,1-2H3,(H,16,17). The first kappa shape index (κ1) is 12.1. The van der Waals surface area contributed by atoms with Crippen LogP contribution in [-0.2, 0) is 12.8 Å². The largest absolute Gasteiger partial charge is 0.493 e. The number of nitrogens with one attached hydrogen (secondary N) is 1. The molecule has 0 unspecified atom stereocenters. The molecule has 100 valence electrons. The maximum Gasteiger partial charge on any atom is 0.256 e. The Morgan fingerprint density at radius 2 is 1.63 bits per heavy atom. The Kier molecular flexibility index (Phi) is 2.93. The average molecular weight is 259 g/mol. The molecule has 1 aromatic carbocycles. The molecule has 3 rings (SSSR count). The van der Waals surface area contributed by atoms with Gasteiger partial charge in [0.25, 0.3) is 5.56 Å². The lowest BCUT2D eigenvalue weighted by molar-refractivity contribution is 0.356. The lowest BCUT2D eigenvalue weighted by atomic mass is 9.92. The Morgan fingerprint density at radius 1 is 1.00 bits per heavy atom. The molecule has 19 heavy (non-hydrogen) atoms. The quantitative estimate of drug-likeness (QED) is 0.901. The van der Waals surface area contributed by atoms with Gasteiger partial charge in [-0.3, -0.25) is 4.79 Å². The average Bonchev–Trinajstić information content (AvgIpc) is 2.46. The number of hydrogen-bond acceptors (Lipinski definition) is 3. The van der Waals surface area contributed by atoms with Crippen LogP contribution in [0.5, 0.6) is 11.5 Å². The predicted octanol–water partition coefficient (Wildman–Crippen LogP) is 2.42. The molecule has 0 amide bonds. The predicted molar refractivity (Wildman–Crippen MR) is 74.3 cm³/mol. The van der Waals surface area contributed by atoms with Gasteiger partial charge in [0.15, 0.2) is 11.5 Å². The lowest BCUT2D eigenvalue weighted by Crippen LogP contribution is -2.16. The summed E-state index contributed by atoms with van der Waals surface area (Å²) in [5, 5.41) is 1.68. The molecular weight excluding hydrogens is 242 g/mol. The summed E-state index contributed by atoms with van der Waals surface area (Å²) in [6.07, 6.45) is 4.27. The maximum absolute atomic E-state index is 12.2. The molecule has 1 N–H and O–H groups in total. The molecule has 1 heterocycles. The fourth-order valence-corrected chi connectivity index (χ4v) is 2.86. The first-order valence-electron chi connectivity index (χ1n) is 6.54. The first-order valence-corrected chi connectivity index (χ1v) is 6.54. The van der Waals surface area contributed by atoms with Crippen molar-refractivity contribution in [3.8, 4) is 11.5 Å². The molecule has 0 saturated carbocycles. The minimum Gasteiger partial charge on any atom is -0.493 e. The summed E-state index contributed by atoms with van der Waals surface area (Å²) in [6, 6.07) is 3.69. The van der Waals surface area contributed by atoms with Crippen molar-refractivity contribution >= 4 is 10.8 Å². The number of methoxy groups -OCH3 is 2. The van der Waals surface area contributed by atoms with Crippen LogP contribution >= 0.6 is 0 Å². The van der Waals surface area contributed by atoms with Crippen LogP contribution < -0.4 is 15.0 Å². The van der Waals surface area contributed by atoms with E-state index in [1.54, 1.807) is 20.3 Å². The highest BCUT2D eigenvalue weighted by Gasteiger charge is 2.17. The van der Waals surface area contributed by atoms with Crippen molar-refractivity contribution in [2.45, 2.75) is 25.7 Å². The van der Waals surface area contributed by atoms with Crippen LogP contribution in [0.3, 0.4) is 0 Å². The Morgan fingerprint density at radius 3 is 2.32 bits per heavy atom. The Hall–Kier alpha value is -1.97. The van der Waals surface area contributed by atoms with E-state index in [4.69, 9.17) is 9.47 Å². The highest BCUT2D eigenvalue weighted by Crippen LogP contribution is 2.34. The Bertz CT molecular complexity index is 688. The van der Waals surface area contributed by atoms with E-state index in [0.717, 1.165) is 30.3 Å². The zero-order chi connectivity index (χ0) is 13.4. The molecule has 0 bridgehead atoms. The van der Waals surface area contributed by atoms with E-state index >= 15 is 0 Å². The zero-order valence-electron chi connectivity index (χ0n) is 11.2. The van der Waals surface area contributed by atoms with Gasteiger partial charge in [-0.15, -0.1) is 0 Å². The van der Waals surface area contributed by atoms with Gasteiger partial charge in [-0.1, -0.05) is 0 Å². The summed E-state index contributed by atoms with van der Waals surface area (Å²) in [7, 11) is 3.19. The van der Waals surface area contributed by atoms with E-state index in [9.17, 15) is 4.79 Å². The molecule has 4 nitrogen and oxygen atoms in total. The van der Waals surface area contributed by atoms with Gasteiger partial charge < -0.3 is 14.5 Å². The highest BCUT2D eigenvalue weighted by molar-refractivity contribution is 5.89. The highest BCUT2D eigenvalue weighted by atomic mass is 16.5. The van der Waals surface area contributed by atoms with E-state index in [1.807, 2.05) is 6.07 Å². The lowest BCUT2D eigenvalue weighted by Gasteiger charge is -2.18. The van der Waals surface area contributed by atoms with Crippen LogP contribution in [-0.4, -0.2) is 19.2 Å². The molecule has 0 saturated heterocycles. The van der Waals surface area contributed by atoms with Gasteiger partial charge in [0.05, 0.1) is 19.6 Å². The second-order valence-electron chi connectivity index (χ2n) is 4.87. The molecule has 0 radical (unpaired) electrons. The molecule has 4 heteroatoms. The smallest absolute Gasteiger partial charge is 0.256 e. The van der Waals surface area contributed by atoms with Crippen LogP contribution in [0.2, 0.25) is 0 Å². The number of H-pyrrole nitrogens is 1. The van der Waals surface area contributed by atoms with Gasteiger partial charge in [0.2, 0.25) is 0 Å². The molecule has 0 fully saturated rings. The van der Waals surface area contributed by atoms with Gasteiger partial charge in [-0.2, -0.15) is 0 Å². The number of rotatable bonds is 2. The van der Waals surface area contributed by atoms with Crippen molar-refractivity contribution in [2.24, 2.45) is 0 Å². The summed E-state index contributed by atoms with van der Waals surface area (Å²) in [4.78, 5) is 15.2. The minimum absolute atomic E-state index is 0.0448. The number of fused-ring (bicyclic) bond motifs is 3. The van der Waals surface area contributed by atoms with Crippen molar-refractivity contribution in [2.75, 3.05) is 14.2 Å². The monoisotopic (exact) mass is 259 g/mol. The fourth-order valence-electron chi connectivity index (χ4n) is 2.86. The van der Waals surface area contributed by atoms with Crippen molar-refractivity contribution in [3.05, 3.63) is 33.7 Å². The molecule has 0 atom stereocenters. The van der Waals surface area contributed by atoms with E-state index in [1.165, 1.54) is 12.0 Å². The fraction of sp³-hybridized carbons (Fsp3) is 0.400. The summed E-state index contributed by atoms with van der Waals surface area (Å²) in [5.74, 6) is 1.27. The number of pyridine rings is 1. The van der Waals surface area contributed by atoms with Gasteiger partial charge in [-0.25, -0.2) is 0 Å². The third-order valence-electron chi connectivity index (χ3n) is 3.83. The Balaban J connectivity index is 2.37. The van der Waals surface area contributed by atoms with E-state index in [2.05, 4.69) is 4.98 Å². The van der Waals surface area contributed by atoms with Gasteiger partial charge >= 0.3 is 0 Å². The van der Waals surface area contributed by atoms with Crippen molar-refractivity contribution in [3.63, 3.8) is 0 Å². The van der Waals surface area contributed by atoms with Crippen LogP contribution in [0.4, 0.5) is 0 Å². The summed E-state index contributed by atoms with van der Waals surface area (Å²) >= 11 is 0. The van der Waals surface area contributed by atoms with Crippen LogP contribution in [0.15, 0.2) is 16.9 Å². The van der Waals surface area contributed by atoms with E-state index < -0.39 is 0 Å². The minimum atomic E-state index is -0.0448. The summed E-state index contributed by atoms with van der Waals surface area (Å²) in [5.41, 5.74) is 2.29.